The van der Waals surface area contributed by atoms with Crippen molar-refractivity contribution in [2.75, 3.05) is 13.1 Å². The van der Waals surface area contributed by atoms with Gasteiger partial charge >= 0.3 is 0 Å². The maximum absolute atomic E-state index is 13.2. The van der Waals surface area contributed by atoms with Crippen LogP contribution in [0.15, 0.2) is 23.1 Å². The molecule has 1 fully saturated rings. The summed E-state index contributed by atoms with van der Waals surface area (Å²) < 4.78 is 39.2. The van der Waals surface area contributed by atoms with Crippen molar-refractivity contribution in [2.45, 2.75) is 30.7 Å². The topological polar surface area (TPSA) is 63.4 Å². The summed E-state index contributed by atoms with van der Waals surface area (Å²) in [7, 11) is -3.55. The Morgan fingerprint density at radius 2 is 2.17 bits per heavy atom. The highest BCUT2D eigenvalue weighted by Crippen LogP contribution is 2.21. The lowest BCUT2D eigenvalue weighted by Crippen LogP contribution is -2.45. The Labute approximate surface area is 107 Å². The Balaban J connectivity index is 2.32. The molecule has 2 rings (SSSR count). The van der Waals surface area contributed by atoms with Crippen LogP contribution in [0.1, 0.15) is 18.4 Å². The Kier molecular flexibility index (Phi) is 3.70. The first-order chi connectivity index (χ1) is 8.41. The fraction of sp³-hybridized carbons (Fsp3) is 0.500. The number of rotatable bonds is 2. The molecule has 2 N–H and O–H groups in total. The smallest absolute Gasteiger partial charge is 0.243 e. The van der Waals surface area contributed by atoms with Crippen LogP contribution in [-0.4, -0.2) is 31.9 Å². The van der Waals surface area contributed by atoms with E-state index in [0.717, 1.165) is 12.8 Å². The van der Waals surface area contributed by atoms with Crippen molar-refractivity contribution in [2.24, 2.45) is 5.73 Å². The highest BCUT2D eigenvalue weighted by atomic mass is 32.2. The lowest BCUT2D eigenvalue weighted by molar-refractivity contribution is 0.316. The molecule has 6 heteroatoms. The molecule has 1 aromatic carbocycles. The number of halogens is 1. The molecule has 4 nitrogen and oxygen atoms in total. The molecule has 1 aliphatic rings. The monoisotopic (exact) mass is 272 g/mol. The summed E-state index contributed by atoms with van der Waals surface area (Å²) in [4.78, 5) is 0.135. The fourth-order valence-corrected chi connectivity index (χ4v) is 3.74. The second-order valence-corrected chi connectivity index (χ2v) is 6.61. The van der Waals surface area contributed by atoms with Gasteiger partial charge in [0.25, 0.3) is 0 Å². The molecule has 0 amide bonds. The van der Waals surface area contributed by atoms with Crippen LogP contribution in [-0.2, 0) is 10.0 Å². The van der Waals surface area contributed by atoms with Gasteiger partial charge in [0.2, 0.25) is 10.0 Å². The van der Waals surface area contributed by atoms with Gasteiger partial charge in [-0.25, -0.2) is 12.8 Å². The number of hydrogen-bond acceptors (Lipinski definition) is 3. The van der Waals surface area contributed by atoms with E-state index >= 15 is 0 Å². The van der Waals surface area contributed by atoms with E-state index in [-0.39, 0.29) is 10.9 Å². The minimum atomic E-state index is -3.55. The van der Waals surface area contributed by atoms with Gasteiger partial charge in [-0.15, -0.1) is 0 Å². The maximum Gasteiger partial charge on any atom is 0.243 e. The summed E-state index contributed by atoms with van der Waals surface area (Å²) in [5.41, 5.74) is 6.12. The van der Waals surface area contributed by atoms with Gasteiger partial charge in [0.05, 0.1) is 4.90 Å². The Morgan fingerprint density at radius 3 is 2.78 bits per heavy atom. The van der Waals surface area contributed by atoms with Crippen molar-refractivity contribution in [3.63, 3.8) is 0 Å². The van der Waals surface area contributed by atoms with E-state index in [1.165, 1.54) is 22.5 Å². The number of hydrogen-bond donors (Lipinski definition) is 1. The van der Waals surface area contributed by atoms with Gasteiger partial charge in [-0.05, 0) is 43.5 Å². The third-order valence-electron chi connectivity index (χ3n) is 3.19. The third-order valence-corrected chi connectivity index (χ3v) is 5.05. The fourth-order valence-electron chi connectivity index (χ4n) is 2.12. The predicted molar refractivity (Wildman–Crippen MR) is 67.1 cm³/mol. The molecule has 1 atom stereocenters. The molecule has 0 bridgehead atoms. The maximum atomic E-state index is 13.2. The zero-order chi connectivity index (χ0) is 13.3. The molecule has 1 saturated heterocycles. The molecular weight excluding hydrogens is 255 g/mol. The van der Waals surface area contributed by atoms with Gasteiger partial charge in [-0.1, -0.05) is 0 Å². The molecule has 100 valence electrons. The van der Waals surface area contributed by atoms with Gasteiger partial charge in [0.15, 0.2) is 0 Å². The van der Waals surface area contributed by atoms with E-state index in [4.69, 9.17) is 5.73 Å². The van der Waals surface area contributed by atoms with Crippen LogP contribution in [0.25, 0.3) is 0 Å². The van der Waals surface area contributed by atoms with E-state index in [9.17, 15) is 12.8 Å². The van der Waals surface area contributed by atoms with Crippen LogP contribution in [0, 0.1) is 12.7 Å². The zero-order valence-corrected chi connectivity index (χ0v) is 11.1. The molecule has 0 spiro atoms. The lowest BCUT2D eigenvalue weighted by Gasteiger charge is -2.29. The van der Waals surface area contributed by atoms with Crippen molar-refractivity contribution in [3.05, 3.63) is 29.6 Å². The predicted octanol–water partition coefficient (Wildman–Crippen LogP) is 1.25. The summed E-state index contributed by atoms with van der Waals surface area (Å²) in [5.74, 6) is -0.399. The highest BCUT2D eigenvalue weighted by molar-refractivity contribution is 7.89. The van der Waals surface area contributed by atoms with Gasteiger partial charge < -0.3 is 5.73 Å². The number of benzene rings is 1. The first-order valence-electron chi connectivity index (χ1n) is 5.93. The largest absolute Gasteiger partial charge is 0.327 e. The quantitative estimate of drug-likeness (QED) is 0.881. The van der Waals surface area contributed by atoms with Crippen molar-refractivity contribution >= 4 is 10.0 Å². The summed E-state index contributed by atoms with van der Waals surface area (Å²) in [6.45, 7) is 2.36. The van der Waals surface area contributed by atoms with E-state index < -0.39 is 15.8 Å². The van der Waals surface area contributed by atoms with Crippen LogP contribution in [0.3, 0.4) is 0 Å². The zero-order valence-electron chi connectivity index (χ0n) is 10.3. The Bertz CT molecular complexity index is 545. The van der Waals surface area contributed by atoms with Crippen molar-refractivity contribution < 1.29 is 12.8 Å². The Hall–Kier alpha value is -0.980. The van der Waals surface area contributed by atoms with Gasteiger partial charge in [-0.3, -0.25) is 0 Å². The summed E-state index contributed by atoms with van der Waals surface area (Å²) >= 11 is 0. The molecule has 0 radical (unpaired) electrons. The minimum absolute atomic E-state index is 0.116. The Morgan fingerprint density at radius 1 is 1.44 bits per heavy atom. The number of piperidine rings is 1. The second kappa shape index (κ2) is 4.95. The summed E-state index contributed by atoms with van der Waals surface area (Å²) in [5, 5.41) is 0. The van der Waals surface area contributed by atoms with E-state index in [1.54, 1.807) is 6.92 Å². The molecular formula is C12H17FN2O2S. The molecule has 0 saturated carbocycles. The van der Waals surface area contributed by atoms with Crippen LogP contribution in [0.4, 0.5) is 4.39 Å². The molecule has 1 aliphatic heterocycles. The van der Waals surface area contributed by atoms with Crippen LogP contribution >= 0.6 is 0 Å². The van der Waals surface area contributed by atoms with Crippen molar-refractivity contribution in [1.82, 2.24) is 4.31 Å². The molecule has 0 aliphatic carbocycles. The first kappa shape index (κ1) is 13.5. The van der Waals surface area contributed by atoms with E-state index in [2.05, 4.69) is 0 Å². The van der Waals surface area contributed by atoms with Gasteiger partial charge in [0, 0.05) is 19.1 Å². The average Bonchev–Trinajstić information content (AvgIpc) is 2.32. The van der Waals surface area contributed by atoms with Gasteiger partial charge in [-0.2, -0.15) is 4.31 Å². The molecule has 1 unspecified atom stereocenters. The number of sulfonamides is 1. The van der Waals surface area contributed by atoms with E-state index in [0.29, 0.717) is 18.7 Å². The van der Waals surface area contributed by atoms with Crippen LogP contribution in [0.5, 0.6) is 0 Å². The first-order valence-corrected chi connectivity index (χ1v) is 7.37. The minimum Gasteiger partial charge on any atom is -0.327 e. The number of aryl methyl sites for hydroxylation is 1. The molecule has 1 aromatic rings. The molecule has 0 aromatic heterocycles. The number of nitrogens with zero attached hydrogens (tertiary/aromatic N) is 1. The SMILES string of the molecule is Cc1cc(S(=O)(=O)N2CCCC(N)C2)ccc1F. The summed E-state index contributed by atoms with van der Waals surface area (Å²) in [6.07, 6.45) is 1.61. The normalized spacial score (nSPS) is 22.1. The van der Waals surface area contributed by atoms with Crippen LogP contribution in [0.2, 0.25) is 0 Å². The van der Waals surface area contributed by atoms with Crippen LogP contribution < -0.4 is 5.73 Å². The summed E-state index contributed by atoms with van der Waals surface area (Å²) in [6, 6.07) is 3.74. The standard InChI is InChI=1S/C12H17FN2O2S/c1-9-7-11(4-5-12(9)13)18(16,17)15-6-2-3-10(14)8-15/h4-5,7,10H,2-3,6,8,14H2,1H3. The highest BCUT2D eigenvalue weighted by Gasteiger charge is 2.29. The molecule has 1 heterocycles. The van der Waals surface area contributed by atoms with E-state index in [1.807, 2.05) is 0 Å². The lowest BCUT2D eigenvalue weighted by atomic mass is 10.1. The number of nitrogens with two attached hydrogens (primary N) is 1. The third kappa shape index (κ3) is 2.55. The van der Waals surface area contributed by atoms with Crippen molar-refractivity contribution in [1.29, 1.82) is 0 Å². The molecule has 18 heavy (non-hydrogen) atoms. The average molecular weight is 272 g/mol. The van der Waals surface area contributed by atoms with Gasteiger partial charge in [0.1, 0.15) is 5.82 Å². The van der Waals surface area contributed by atoms with Crippen molar-refractivity contribution in [3.8, 4) is 0 Å². The second-order valence-electron chi connectivity index (χ2n) is 4.68.